The summed E-state index contributed by atoms with van der Waals surface area (Å²) in [6.07, 6.45) is 3.60. The van der Waals surface area contributed by atoms with Crippen LogP contribution in [-0.2, 0) is 4.74 Å². The van der Waals surface area contributed by atoms with Gasteiger partial charge < -0.3 is 19.7 Å². The van der Waals surface area contributed by atoms with E-state index in [1.807, 2.05) is 16.7 Å². The van der Waals surface area contributed by atoms with Crippen LogP contribution in [0.15, 0.2) is 47.7 Å². The molecule has 28 heavy (non-hydrogen) atoms. The molecule has 0 bridgehead atoms. The van der Waals surface area contributed by atoms with Crippen molar-refractivity contribution in [2.75, 3.05) is 25.1 Å². The molecule has 4 rings (SSSR count). The van der Waals surface area contributed by atoms with Gasteiger partial charge in [-0.1, -0.05) is 0 Å². The van der Waals surface area contributed by atoms with Crippen LogP contribution in [0.5, 0.6) is 5.88 Å². The monoisotopic (exact) mass is 378 g/mol. The third-order valence-electron chi connectivity index (χ3n) is 5.15. The zero-order valence-corrected chi connectivity index (χ0v) is 16.5. The Bertz CT molecular complexity index is 1010. The molecule has 0 aliphatic carbocycles. The van der Waals surface area contributed by atoms with Gasteiger partial charge in [0.1, 0.15) is 0 Å². The van der Waals surface area contributed by atoms with Crippen LogP contribution in [-0.4, -0.2) is 40.1 Å². The Hall–Kier alpha value is -2.86. The molecule has 1 unspecified atom stereocenters. The number of rotatable bonds is 5. The number of hydrogen-bond acceptors (Lipinski definition) is 5. The molecule has 2 N–H and O–H groups in total. The number of fused-ring (bicyclic) bond motifs is 1. The van der Waals surface area contributed by atoms with Gasteiger partial charge in [0, 0.05) is 35.6 Å². The molecule has 0 saturated carbocycles. The second kappa shape index (κ2) is 7.64. The smallest absolute Gasteiger partial charge is 0.201 e. The van der Waals surface area contributed by atoms with E-state index < -0.39 is 0 Å². The number of aromatic nitrogens is 2. The number of aliphatic imine (C=N–C) groups is 1. The summed E-state index contributed by atoms with van der Waals surface area (Å²) in [5.41, 5.74) is 4.76. The van der Waals surface area contributed by atoms with Crippen molar-refractivity contribution in [2.45, 2.75) is 32.9 Å². The van der Waals surface area contributed by atoms with Gasteiger partial charge in [0.25, 0.3) is 0 Å². The largest absolute Gasteiger partial charge is 0.494 e. The zero-order chi connectivity index (χ0) is 19.7. The highest BCUT2D eigenvalue weighted by molar-refractivity contribution is 6.14. The summed E-state index contributed by atoms with van der Waals surface area (Å²) in [5, 5.41) is 15.5. The lowest BCUT2D eigenvalue weighted by Crippen LogP contribution is -2.19. The molecule has 3 heterocycles. The first-order chi connectivity index (χ1) is 13.6. The van der Waals surface area contributed by atoms with Gasteiger partial charge in [-0.05, 0) is 56.7 Å². The first-order valence-electron chi connectivity index (χ1n) is 9.71. The lowest BCUT2D eigenvalue weighted by molar-refractivity contribution is 0.171. The van der Waals surface area contributed by atoms with Gasteiger partial charge in [0.15, 0.2) is 0 Å². The Morgan fingerprint density at radius 3 is 2.61 bits per heavy atom. The van der Waals surface area contributed by atoms with Crippen LogP contribution in [0.3, 0.4) is 0 Å². The van der Waals surface area contributed by atoms with E-state index in [1.54, 1.807) is 12.4 Å². The van der Waals surface area contributed by atoms with E-state index in [1.165, 1.54) is 5.56 Å². The van der Waals surface area contributed by atoms with Crippen LogP contribution in [0.4, 0.5) is 5.69 Å². The molecule has 1 aliphatic heterocycles. The van der Waals surface area contributed by atoms with Crippen molar-refractivity contribution in [3.63, 3.8) is 0 Å². The number of hydrogen-bond donors (Lipinski definition) is 2. The number of ether oxygens (including phenoxy) is 1. The third-order valence-corrected chi connectivity index (χ3v) is 5.15. The summed E-state index contributed by atoms with van der Waals surface area (Å²) in [4.78, 5) is 8.70. The molecule has 6 nitrogen and oxygen atoms in total. The minimum atomic E-state index is 0.135. The standard InChI is InChI=1S/C22H26N4O2/c1-14(2)26-20-5-4-17(25-15(3)16-6-8-23-9-7-16)12-18(20)21(22(26)27)19-13-28-11-10-24-19/h4-9,12,14-15,25,27H,10-11,13H2,1-3H3. The van der Waals surface area contributed by atoms with Crippen molar-refractivity contribution in [3.05, 3.63) is 53.9 Å². The van der Waals surface area contributed by atoms with Gasteiger partial charge in [-0.25, -0.2) is 0 Å². The highest BCUT2D eigenvalue weighted by Gasteiger charge is 2.23. The summed E-state index contributed by atoms with van der Waals surface area (Å²) in [7, 11) is 0. The van der Waals surface area contributed by atoms with E-state index in [0.29, 0.717) is 19.8 Å². The van der Waals surface area contributed by atoms with Gasteiger partial charge in [-0.2, -0.15) is 0 Å². The Balaban J connectivity index is 1.78. The van der Waals surface area contributed by atoms with Crippen LogP contribution in [0.1, 0.15) is 44.0 Å². The first-order valence-corrected chi connectivity index (χ1v) is 9.71. The van der Waals surface area contributed by atoms with E-state index in [2.05, 4.69) is 54.3 Å². The van der Waals surface area contributed by atoms with Crippen LogP contribution in [0.25, 0.3) is 10.9 Å². The second-order valence-electron chi connectivity index (χ2n) is 7.42. The van der Waals surface area contributed by atoms with Crippen LogP contribution >= 0.6 is 0 Å². The molecular formula is C22H26N4O2. The predicted octanol–water partition coefficient (Wildman–Crippen LogP) is 4.32. The molecular weight excluding hydrogens is 352 g/mol. The van der Waals surface area contributed by atoms with Crippen LogP contribution in [0, 0.1) is 0 Å². The number of pyridine rings is 1. The van der Waals surface area contributed by atoms with E-state index in [9.17, 15) is 5.11 Å². The predicted molar refractivity (Wildman–Crippen MR) is 112 cm³/mol. The van der Waals surface area contributed by atoms with Gasteiger partial charge in [-0.3, -0.25) is 9.98 Å². The summed E-state index contributed by atoms with van der Waals surface area (Å²) in [5.74, 6) is 0.258. The minimum Gasteiger partial charge on any atom is -0.494 e. The Morgan fingerprint density at radius 1 is 1.14 bits per heavy atom. The Kier molecular flexibility index (Phi) is 5.05. The number of aromatic hydroxyl groups is 1. The minimum absolute atomic E-state index is 0.135. The average molecular weight is 378 g/mol. The SMILES string of the molecule is CC(Nc1ccc2c(c1)c(C1=NCCOC1)c(O)n2C(C)C)c1ccncc1. The molecule has 1 atom stereocenters. The molecule has 6 heteroatoms. The van der Waals surface area contributed by atoms with Crippen molar-refractivity contribution in [2.24, 2.45) is 4.99 Å². The number of nitrogens with zero attached hydrogens (tertiary/aromatic N) is 3. The van der Waals surface area contributed by atoms with Crippen LogP contribution in [0.2, 0.25) is 0 Å². The van der Waals surface area contributed by atoms with E-state index in [0.717, 1.165) is 27.9 Å². The molecule has 0 saturated heterocycles. The maximum Gasteiger partial charge on any atom is 0.201 e. The summed E-state index contributed by atoms with van der Waals surface area (Å²) < 4.78 is 7.55. The number of benzene rings is 1. The summed E-state index contributed by atoms with van der Waals surface area (Å²) >= 11 is 0. The second-order valence-corrected chi connectivity index (χ2v) is 7.42. The quantitative estimate of drug-likeness (QED) is 0.694. The maximum atomic E-state index is 11.0. The van der Waals surface area contributed by atoms with Gasteiger partial charge in [-0.15, -0.1) is 0 Å². The highest BCUT2D eigenvalue weighted by atomic mass is 16.5. The highest BCUT2D eigenvalue weighted by Crippen LogP contribution is 2.37. The van der Waals surface area contributed by atoms with E-state index in [4.69, 9.17) is 4.74 Å². The fourth-order valence-corrected chi connectivity index (χ4v) is 3.79. The van der Waals surface area contributed by atoms with Gasteiger partial charge in [0.05, 0.1) is 36.6 Å². The maximum absolute atomic E-state index is 11.0. The lowest BCUT2D eigenvalue weighted by Gasteiger charge is -2.16. The Labute approximate surface area is 164 Å². The number of nitrogens with one attached hydrogen (secondary N) is 1. The first kappa shape index (κ1) is 18.5. The molecule has 0 amide bonds. The van der Waals surface area contributed by atoms with Crippen molar-refractivity contribution >= 4 is 22.3 Å². The van der Waals surface area contributed by atoms with Gasteiger partial charge in [0.2, 0.25) is 5.88 Å². The molecule has 3 aromatic rings. The molecule has 1 aromatic carbocycles. The average Bonchev–Trinajstić information content (AvgIpc) is 3.00. The van der Waals surface area contributed by atoms with E-state index in [-0.39, 0.29) is 18.0 Å². The van der Waals surface area contributed by atoms with Crippen molar-refractivity contribution in [3.8, 4) is 5.88 Å². The van der Waals surface area contributed by atoms with Gasteiger partial charge >= 0.3 is 0 Å². The topological polar surface area (TPSA) is 71.7 Å². The summed E-state index contributed by atoms with van der Waals surface area (Å²) in [6.45, 7) is 7.94. The molecule has 0 fully saturated rings. The fourth-order valence-electron chi connectivity index (χ4n) is 3.79. The zero-order valence-electron chi connectivity index (χ0n) is 16.5. The molecule has 0 spiro atoms. The van der Waals surface area contributed by atoms with Crippen molar-refractivity contribution in [1.82, 2.24) is 9.55 Å². The van der Waals surface area contributed by atoms with Crippen molar-refractivity contribution in [1.29, 1.82) is 0 Å². The number of anilines is 1. The Morgan fingerprint density at radius 2 is 1.93 bits per heavy atom. The lowest BCUT2D eigenvalue weighted by atomic mass is 10.1. The van der Waals surface area contributed by atoms with Crippen LogP contribution < -0.4 is 5.32 Å². The van der Waals surface area contributed by atoms with Crippen molar-refractivity contribution < 1.29 is 9.84 Å². The summed E-state index contributed by atoms with van der Waals surface area (Å²) in [6, 6.07) is 10.5. The molecule has 0 radical (unpaired) electrons. The third kappa shape index (κ3) is 3.36. The molecule has 146 valence electrons. The molecule has 1 aliphatic rings. The van der Waals surface area contributed by atoms with E-state index >= 15 is 0 Å². The fraction of sp³-hybridized carbons (Fsp3) is 0.364. The normalized spacial score (nSPS) is 15.6. The molecule has 2 aromatic heterocycles.